The second-order valence-electron chi connectivity index (χ2n) is 6.13. The molecule has 5 nitrogen and oxygen atoms in total. The molecule has 27 heavy (non-hydrogen) atoms. The predicted octanol–water partition coefficient (Wildman–Crippen LogP) is 4.69. The minimum atomic E-state index is -2.37. The summed E-state index contributed by atoms with van der Waals surface area (Å²) < 4.78 is 0.421. The van der Waals surface area contributed by atoms with Crippen molar-refractivity contribution in [3.8, 4) is 0 Å². The molecule has 1 aliphatic heterocycles. The standard InChI is InChI=1S/C13H6Cl9NO4/c1-2(24)27-9(12(18,19)20)23-7(25)3-4(8(23)26)11(17)6(15)5(14)10(3,16)13(11,21)22/h3-4,9H,1H3. The van der Waals surface area contributed by atoms with Crippen LogP contribution in [0.15, 0.2) is 10.1 Å². The van der Waals surface area contributed by atoms with Crippen molar-refractivity contribution in [2.45, 2.75) is 31.0 Å². The van der Waals surface area contributed by atoms with E-state index in [1.165, 1.54) is 0 Å². The third-order valence-electron chi connectivity index (χ3n) is 4.73. The fraction of sp³-hybridized carbons (Fsp3) is 0.615. The summed E-state index contributed by atoms with van der Waals surface area (Å²) in [6.45, 7) is 1.00. The summed E-state index contributed by atoms with van der Waals surface area (Å²) in [7, 11) is 0. The summed E-state index contributed by atoms with van der Waals surface area (Å²) in [5, 5.41) is -0.541. The minimum absolute atomic E-state index is 0.270. The van der Waals surface area contributed by atoms with E-state index in [-0.39, 0.29) is 10.1 Å². The molecule has 2 fully saturated rings. The number of allylic oxidation sites excluding steroid dienone is 2. The van der Waals surface area contributed by atoms with Gasteiger partial charge in [0.05, 0.1) is 21.9 Å². The maximum Gasteiger partial charge on any atom is 0.304 e. The summed E-state index contributed by atoms with van der Waals surface area (Å²) in [6, 6.07) is 0. The molecule has 3 rings (SSSR count). The first-order valence-corrected chi connectivity index (χ1v) is 10.4. The Morgan fingerprint density at radius 1 is 1.00 bits per heavy atom. The molecule has 0 spiro atoms. The van der Waals surface area contributed by atoms with E-state index in [9.17, 15) is 14.4 Å². The summed E-state index contributed by atoms with van der Waals surface area (Å²) in [4.78, 5) is 34.0. The number of alkyl halides is 7. The molecular weight excluding hydrogens is 553 g/mol. The molecule has 0 aromatic carbocycles. The molecule has 0 radical (unpaired) electrons. The average Bonchev–Trinajstić information content (AvgIpc) is 2.89. The highest BCUT2D eigenvalue weighted by Crippen LogP contribution is 2.77. The van der Waals surface area contributed by atoms with Crippen molar-refractivity contribution >= 4 is 122 Å². The van der Waals surface area contributed by atoms with Crippen LogP contribution in [0.3, 0.4) is 0 Å². The van der Waals surface area contributed by atoms with E-state index in [0.29, 0.717) is 4.90 Å². The molecule has 150 valence electrons. The van der Waals surface area contributed by atoms with Gasteiger partial charge in [0.25, 0.3) is 0 Å². The summed E-state index contributed by atoms with van der Waals surface area (Å²) in [6.07, 6.45) is -1.89. The van der Waals surface area contributed by atoms with Crippen LogP contribution in [-0.2, 0) is 19.1 Å². The molecular formula is C13H6Cl9NO4. The molecule has 2 bridgehead atoms. The largest absolute Gasteiger partial charge is 0.436 e. The molecule has 5 unspecified atom stereocenters. The van der Waals surface area contributed by atoms with E-state index >= 15 is 0 Å². The highest BCUT2D eigenvalue weighted by atomic mass is 35.6. The van der Waals surface area contributed by atoms with Crippen LogP contribution in [0, 0.1) is 11.8 Å². The number of carbonyl (C=O) groups is 3. The monoisotopic (exact) mass is 555 g/mol. The van der Waals surface area contributed by atoms with Crippen LogP contribution >= 0.6 is 104 Å². The van der Waals surface area contributed by atoms with E-state index < -0.39 is 53.7 Å². The number of fused-ring (bicyclic) bond motifs is 5. The molecule has 1 saturated heterocycles. The van der Waals surface area contributed by atoms with Gasteiger partial charge in [0.1, 0.15) is 9.75 Å². The highest BCUT2D eigenvalue weighted by Gasteiger charge is 2.88. The summed E-state index contributed by atoms with van der Waals surface area (Å²) in [5.41, 5.74) is 0. The van der Waals surface area contributed by atoms with Crippen LogP contribution in [0.4, 0.5) is 0 Å². The Labute approximate surface area is 197 Å². The number of halogens is 9. The number of esters is 1. The smallest absolute Gasteiger partial charge is 0.304 e. The third kappa shape index (κ3) is 2.56. The number of hydrogen-bond donors (Lipinski definition) is 0. The van der Waals surface area contributed by atoms with Crippen molar-refractivity contribution in [2.75, 3.05) is 0 Å². The van der Waals surface area contributed by atoms with Crippen LogP contribution < -0.4 is 0 Å². The molecule has 2 amide bonds. The number of hydrogen-bond acceptors (Lipinski definition) is 4. The van der Waals surface area contributed by atoms with Gasteiger partial charge >= 0.3 is 5.97 Å². The number of rotatable bonds is 2. The topological polar surface area (TPSA) is 63.7 Å². The number of imide groups is 1. The van der Waals surface area contributed by atoms with E-state index in [4.69, 9.17) is 109 Å². The number of amides is 2. The second kappa shape index (κ2) is 6.48. The van der Waals surface area contributed by atoms with Gasteiger partial charge in [-0.3, -0.25) is 14.4 Å². The van der Waals surface area contributed by atoms with Gasteiger partial charge in [-0.25, -0.2) is 4.90 Å². The Morgan fingerprint density at radius 3 is 1.67 bits per heavy atom. The SMILES string of the molecule is CC(=O)OC(N1C(=O)C2C(C1=O)C1(Cl)C(Cl)=C(Cl)C2(Cl)C1(Cl)Cl)C(Cl)(Cl)Cl. The normalized spacial score (nSPS) is 38.5. The van der Waals surface area contributed by atoms with E-state index in [2.05, 4.69) is 0 Å². The molecule has 2 aliphatic carbocycles. The molecule has 3 aliphatic rings. The second-order valence-corrected chi connectivity index (χ2v) is 11.8. The van der Waals surface area contributed by atoms with Gasteiger partial charge in [-0.15, -0.1) is 23.2 Å². The first-order valence-electron chi connectivity index (χ1n) is 6.99. The maximum absolute atomic E-state index is 13.1. The van der Waals surface area contributed by atoms with Gasteiger partial charge < -0.3 is 4.74 Å². The van der Waals surface area contributed by atoms with Crippen LogP contribution in [0.1, 0.15) is 6.92 Å². The lowest BCUT2D eigenvalue weighted by atomic mass is 9.84. The lowest BCUT2D eigenvalue weighted by molar-refractivity contribution is -0.166. The van der Waals surface area contributed by atoms with E-state index in [1.54, 1.807) is 0 Å². The number of nitrogens with zero attached hydrogens (tertiary/aromatic N) is 1. The number of likely N-dealkylation sites (tertiary alicyclic amines) is 1. The zero-order chi connectivity index (χ0) is 20.9. The Kier molecular flexibility index (Phi) is 5.43. The van der Waals surface area contributed by atoms with Crippen LogP contribution in [0.5, 0.6) is 0 Å². The van der Waals surface area contributed by atoms with Crippen molar-refractivity contribution in [3.63, 3.8) is 0 Å². The van der Waals surface area contributed by atoms with Gasteiger partial charge in [0.2, 0.25) is 21.8 Å². The van der Waals surface area contributed by atoms with Crippen molar-refractivity contribution in [2.24, 2.45) is 11.8 Å². The highest BCUT2D eigenvalue weighted by molar-refractivity contribution is 6.68. The molecule has 5 atom stereocenters. The molecule has 0 aromatic heterocycles. The van der Waals surface area contributed by atoms with Gasteiger partial charge in [0, 0.05) is 6.92 Å². The van der Waals surface area contributed by atoms with Gasteiger partial charge in [0.15, 0.2) is 4.33 Å². The first kappa shape index (κ1) is 22.6. The first-order chi connectivity index (χ1) is 12.1. The third-order valence-corrected chi connectivity index (χ3v) is 9.55. The number of ether oxygens (including phenoxy) is 1. The Balaban J connectivity index is 2.17. The lowest BCUT2D eigenvalue weighted by Gasteiger charge is -2.36. The van der Waals surface area contributed by atoms with Crippen LogP contribution in [-0.4, -0.2) is 46.8 Å². The van der Waals surface area contributed by atoms with E-state index in [1.807, 2.05) is 0 Å². The zero-order valence-corrected chi connectivity index (χ0v) is 19.5. The van der Waals surface area contributed by atoms with E-state index in [0.717, 1.165) is 6.92 Å². The maximum atomic E-state index is 13.1. The molecule has 1 saturated carbocycles. The molecule has 0 N–H and O–H groups in total. The summed E-state index contributed by atoms with van der Waals surface area (Å²) in [5.74, 6) is -5.73. The fourth-order valence-electron chi connectivity index (χ4n) is 3.67. The Bertz CT molecular complexity index is 762. The molecule has 1 heterocycles. The lowest BCUT2D eigenvalue weighted by Crippen LogP contribution is -2.55. The molecule has 0 aromatic rings. The van der Waals surface area contributed by atoms with Crippen molar-refractivity contribution in [1.82, 2.24) is 4.90 Å². The van der Waals surface area contributed by atoms with Gasteiger partial charge in [-0.05, 0) is 0 Å². The average molecular weight is 559 g/mol. The quantitative estimate of drug-likeness (QED) is 0.280. The predicted molar refractivity (Wildman–Crippen MR) is 105 cm³/mol. The van der Waals surface area contributed by atoms with Crippen LogP contribution in [0.25, 0.3) is 0 Å². The Morgan fingerprint density at radius 2 is 1.37 bits per heavy atom. The fourth-order valence-corrected chi connectivity index (χ4v) is 7.03. The van der Waals surface area contributed by atoms with Crippen molar-refractivity contribution in [3.05, 3.63) is 10.1 Å². The van der Waals surface area contributed by atoms with Crippen molar-refractivity contribution < 1.29 is 19.1 Å². The minimum Gasteiger partial charge on any atom is -0.436 e. The molecule has 14 heteroatoms. The number of carbonyl (C=O) groups excluding carboxylic acids is 3. The Hall–Kier alpha value is 0.960. The van der Waals surface area contributed by atoms with Gasteiger partial charge in [-0.2, -0.15) is 0 Å². The zero-order valence-electron chi connectivity index (χ0n) is 12.7. The summed E-state index contributed by atoms with van der Waals surface area (Å²) >= 11 is 55.5. The van der Waals surface area contributed by atoms with Gasteiger partial charge in [-0.1, -0.05) is 81.2 Å². The van der Waals surface area contributed by atoms with Crippen molar-refractivity contribution in [1.29, 1.82) is 0 Å². The van der Waals surface area contributed by atoms with Crippen LogP contribution in [0.2, 0.25) is 0 Å².